The van der Waals surface area contributed by atoms with Crippen molar-refractivity contribution < 1.29 is 4.79 Å². The van der Waals surface area contributed by atoms with E-state index < -0.39 is 0 Å². The van der Waals surface area contributed by atoms with Crippen molar-refractivity contribution in [2.75, 3.05) is 40.3 Å². The van der Waals surface area contributed by atoms with Crippen molar-refractivity contribution in [2.24, 2.45) is 4.99 Å². The van der Waals surface area contributed by atoms with Crippen LogP contribution in [0.1, 0.15) is 32.0 Å². The molecule has 0 aromatic carbocycles. The number of pyridine rings is 1. The molecule has 0 bridgehead atoms. The quantitative estimate of drug-likeness (QED) is 0.386. The minimum absolute atomic E-state index is 0.0353. The average Bonchev–Trinajstić information content (AvgIpc) is 3.35. The highest BCUT2D eigenvalue weighted by Gasteiger charge is 2.30. The number of likely N-dealkylation sites (N-methyl/N-ethyl adjacent to an activating group) is 1. The SMILES string of the molecule is CCNC(=NCc1nnc2ccccn12)NCCCN1CCCC1C(=O)N(C)C. The van der Waals surface area contributed by atoms with Crippen LogP contribution in [0.25, 0.3) is 5.65 Å². The molecule has 3 heterocycles. The van der Waals surface area contributed by atoms with Crippen LogP contribution in [0.2, 0.25) is 0 Å². The number of rotatable bonds is 8. The molecular formula is C20H32N8O. The Morgan fingerprint density at radius 3 is 2.97 bits per heavy atom. The van der Waals surface area contributed by atoms with Gasteiger partial charge in [0.2, 0.25) is 5.91 Å². The van der Waals surface area contributed by atoms with Crippen LogP contribution in [0.3, 0.4) is 0 Å². The molecule has 3 rings (SSSR count). The van der Waals surface area contributed by atoms with Gasteiger partial charge in [-0.2, -0.15) is 0 Å². The van der Waals surface area contributed by atoms with Crippen LogP contribution in [0, 0.1) is 0 Å². The highest BCUT2D eigenvalue weighted by molar-refractivity contribution is 5.81. The lowest BCUT2D eigenvalue weighted by Crippen LogP contribution is -2.44. The third-order valence-corrected chi connectivity index (χ3v) is 5.11. The fourth-order valence-corrected chi connectivity index (χ4v) is 3.65. The van der Waals surface area contributed by atoms with Crippen LogP contribution in [0.5, 0.6) is 0 Å². The second kappa shape index (κ2) is 10.2. The van der Waals surface area contributed by atoms with Gasteiger partial charge in [0.15, 0.2) is 17.4 Å². The van der Waals surface area contributed by atoms with Crippen molar-refractivity contribution in [3.8, 4) is 0 Å². The van der Waals surface area contributed by atoms with Crippen LogP contribution < -0.4 is 10.6 Å². The average molecular weight is 401 g/mol. The van der Waals surface area contributed by atoms with Crippen molar-refractivity contribution in [3.63, 3.8) is 0 Å². The first-order valence-corrected chi connectivity index (χ1v) is 10.4. The van der Waals surface area contributed by atoms with Crippen molar-refractivity contribution in [1.82, 2.24) is 35.0 Å². The van der Waals surface area contributed by atoms with E-state index in [4.69, 9.17) is 0 Å². The number of aromatic nitrogens is 3. The van der Waals surface area contributed by atoms with E-state index in [2.05, 4.69) is 30.7 Å². The molecule has 1 aliphatic heterocycles. The molecule has 1 fully saturated rings. The molecule has 0 saturated carbocycles. The first-order chi connectivity index (χ1) is 14.1. The Labute approximate surface area is 172 Å². The van der Waals surface area contributed by atoms with Crippen LogP contribution in [-0.2, 0) is 11.3 Å². The standard InChI is InChI=1S/C20H32N8O/c1-4-21-20(23-15-18-25-24-17-10-5-6-14-28(17)18)22-11-8-13-27-12-7-9-16(27)19(29)26(2)3/h5-6,10,14,16H,4,7-9,11-13,15H2,1-3H3,(H2,21,22,23). The monoisotopic (exact) mass is 400 g/mol. The van der Waals surface area contributed by atoms with E-state index >= 15 is 0 Å². The molecule has 1 atom stereocenters. The lowest BCUT2D eigenvalue weighted by Gasteiger charge is -2.26. The number of carbonyl (C=O) groups excluding carboxylic acids is 1. The molecule has 0 aliphatic carbocycles. The largest absolute Gasteiger partial charge is 0.357 e. The number of hydrogen-bond donors (Lipinski definition) is 2. The molecule has 9 nitrogen and oxygen atoms in total. The normalized spacial score (nSPS) is 17.6. The number of fused-ring (bicyclic) bond motifs is 1. The number of hydrogen-bond acceptors (Lipinski definition) is 5. The Balaban J connectivity index is 1.49. The fraction of sp³-hybridized carbons (Fsp3) is 0.600. The molecule has 2 aromatic heterocycles. The van der Waals surface area contributed by atoms with Crippen LogP contribution >= 0.6 is 0 Å². The predicted octanol–water partition coefficient (Wildman–Crippen LogP) is 0.727. The van der Waals surface area contributed by atoms with Gasteiger partial charge in [0.05, 0.1) is 6.04 Å². The van der Waals surface area contributed by atoms with E-state index in [1.165, 1.54) is 0 Å². The molecule has 158 valence electrons. The summed E-state index contributed by atoms with van der Waals surface area (Å²) < 4.78 is 1.95. The van der Waals surface area contributed by atoms with Gasteiger partial charge in [-0.25, -0.2) is 4.99 Å². The first-order valence-electron chi connectivity index (χ1n) is 10.4. The maximum absolute atomic E-state index is 12.3. The highest BCUT2D eigenvalue weighted by Crippen LogP contribution is 2.18. The number of nitrogens with one attached hydrogen (secondary N) is 2. The summed E-state index contributed by atoms with van der Waals surface area (Å²) in [6.45, 7) is 5.99. The second-order valence-corrected chi connectivity index (χ2v) is 7.45. The number of nitrogens with zero attached hydrogens (tertiary/aromatic N) is 6. The molecular weight excluding hydrogens is 368 g/mol. The number of aliphatic imine (C=N–C) groups is 1. The van der Waals surface area contributed by atoms with Crippen LogP contribution in [0.15, 0.2) is 29.4 Å². The Hall–Kier alpha value is -2.68. The van der Waals surface area contributed by atoms with Gasteiger partial charge in [-0.05, 0) is 44.9 Å². The molecule has 0 spiro atoms. The second-order valence-electron chi connectivity index (χ2n) is 7.45. The van der Waals surface area contributed by atoms with E-state index in [1.807, 2.05) is 49.8 Å². The molecule has 1 aliphatic rings. The van der Waals surface area contributed by atoms with E-state index in [-0.39, 0.29) is 11.9 Å². The summed E-state index contributed by atoms with van der Waals surface area (Å²) in [5, 5.41) is 15.0. The first kappa shape index (κ1) is 21.0. The van der Waals surface area contributed by atoms with E-state index in [1.54, 1.807) is 4.90 Å². The minimum atomic E-state index is 0.0353. The Bertz CT molecular complexity index is 831. The van der Waals surface area contributed by atoms with Crippen molar-refractivity contribution >= 4 is 17.5 Å². The number of guanidine groups is 1. The topological polar surface area (TPSA) is 90.2 Å². The van der Waals surface area contributed by atoms with Gasteiger partial charge in [-0.15, -0.1) is 10.2 Å². The zero-order valence-electron chi connectivity index (χ0n) is 17.6. The Kier molecular flexibility index (Phi) is 7.40. The molecule has 9 heteroatoms. The van der Waals surface area contributed by atoms with E-state index in [9.17, 15) is 4.79 Å². The third-order valence-electron chi connectivity index (χ3n) is 5.11. The van der Waals surface area contributed by atoms with Gasteiger partial charge in [0.1, 0.15) is 6.54 Å². The van der Waals surface area contributed by atoms with Gasteiger partial charge in [0.25, 0.3) is 0 Å². The molecule has 1 unspecified atom stereocenters. The van der Waals surface area contributed by atoms with Crippen LogP contribution in [0.4, 0.5) is 0 Å². The molecule has 2 N–H and O–H groups in total. The number of amides is 1. The van der Waals surface area contributed by atoms with Gasteiger partial charge < -0.3 is 15.5 Å². The number of likely N-dealkylation sites (tertiary alicyclic amines) is 1. The van der Waals surface area contributed by atoms with Crippen molar-refractivity contribution in [2.45, 2.75) is 38.8 Å². The highest BCUT2D eigenvalue weighted by atomic mass is 16.2. The maximum Gasteiger partial charge on any atom is 0.239 e. The summed E-state index contributed by atoms with van der Waals surface area (Å²) in [6.07, 6.45) is 4.95. The van der Waals surface area contributed by atoms with E-state index in [0.29, 0.717) is 6.54 Å². The van der Waals surface area contributed by atoms with Crippen LogP contribution in [-0.4, -0.2) is 82.6 Å². The maximum atomic E-state index is 12.3. The summed E-state index contributed by atoms with van der Waals surface area (Å²) in [6, 6.07) is 5.86. The summed E-state index contributed by atoms with van der Waals surface area (Å²) in [7, 11) is 3.66. The van der Waals surface area contributed by atoms with E-state index in [0.717, 1.165) is 62.9 Å². The summed E-state index contributed by atoms with van der Waals surface area (Å²) in [5.41, 5.74) is 0.822. The minimum Gasteiger partial charge on any atom is -0.357 e. The molecule has 0 radical (unpaired) electrons. The predicted molar refractivity (Wildman–Crippen MR) is 114 cm³/mol. The zero-order valence-corrected chi connectivity index (χ0v) is 17.6. The molecule has 2 aromatic rings. The van der Waals surface area contributed by atoms with Crippen molar-refractivity contribution in [1.29, 1.82) is 0 Å². The molecule has 1 saturated heterocycles. The summed E-state index contributed by atoms with van der Waals surface area (Å²) in [4.78, 5) is 20.9. The third kappa shape index (κ3) is 5.44. The summed E-state index contributed by atoms with van der Waals surface area (Å²) >= 11 is 0. The fourth-order valence-electron chi connectivity index (χ4n) is 3.65. The van der Waals surface area contributed by atoms with Gasteiger partial charge in [-0.1, -0.05) is 6.07 Å². The lowest BCUT2D eigenvalue weighted by molar-refractivity contribution is -0.133. The van der Waals surface area contributed by atoms with Gasteiger partial charge >= 0.3 is 0 Å². The van der Waals surface area contributed by atoms with Gasteiger partial charge in [-0.3, -0.25) is 14.1 Å². The lowest BCUT2D eigenvalue weighted by atomic mass is 10.2. The summed E-state index contributed by atoms with van der Waals surface area (Å²) in [5.74, 6) is 1.79. The Morgan fingerprint density at radius 1 is 1.31 bits per heavy atom. The van der Waals surface area contributed by atoms with Crippen molar-refractivity contribution in [3.05, 3.63) is 30.2 Å². The molecule has 1 amide bonds. The van der Waals surface area contributed by atoms with Gasteiger partial charge in [0, 0.05) is 39.9 Å². The zero-order chi connectivity index (χ0) is 20.6. The Morgan fingerprint density at radius 2 is 2.17 bits per heavy atom. The molecule has 29 heavy (non-hydrogen) atoms. The smallest absolute Gasteiger partial charge is 0.239 e. The number of carbonyl (C=O) groups is 1.